The molecule has 1 rings (SSSR count). The van der Waals surface area contributed by atoms with E-state index in [-0.39, 0.29) is 121 Å². The maximum Gasteiger partial charge on any atom is 0.335 e. The van der Waals surface area contributed by atoms with Gasteiger partial charge in [0.15, 0.2) is 0 Å². The summed E-state index contributed by atoms with van der Waals surface area (Å²) in [7, 11) is 0. The number of aromatic carboxylic acids is 1. The second-order valence-electron chi connectivity index (χ2n) is 14.6. The van der Waals surface area contributed by atoms with Crippen LogP contribution < -0.4 is 31.3 Å². The SMILES string of the molecule is CCC(=O)NCCCC[C@H](NC(=O)COCCOCCNC(=O)COCCOCCNC(=O)CC[C@H](NC(=O)CCCCCCCCCOc1ccc(C(=O)O)cc1)C(=O)O)C(=O)O. The van der Waals surface area contributed by atoms with Crippen molar-refractivity contribution in [3.63, 3.8) is 0 Å². The Kier molecular flexibility index (Phi) is 32.8. The van der Waals surface area contributed by atoms with Gasteiger partial charge in [0.2, 0.25) is 29.5 Å². The number of amides is 5. The van der Waals surface area contributed by atoms with Crippen molar-refractivity contribution in [2.75, 3.05) is 79.1 Å². The Morgan fingerprint density at radius 1 is 0.484 bits per heavy atom. The number of aliphatic carboxylic acids is 2. The number of carboxylic acids is 3. The second kappa shape index (κ2) is 37.0. The lowest BCUT2D eigenvalue weighted by Crippen LogP contribution is -2.42. The Morgan fingerprint density at radius 3 is 1.59 bits per heavy atom. The van der Waals surface area contributed by atoms with E-state index in [1.807, 2.05) is 0 Å². The Morgan fingerprint density at radius 2 is 1.00 bits per heavy atom. The number of rotatable bonds is 41. The zero-order valence-electron chi connectivity index (χ0n) is 37.0. The molecule has 21 nitrogen and oxygen atoms in total. The molecule has 0 aliphatic heterocycles. The molecule has 0 aliphatic carbocycles. The van der Waals surface area contributed by atoms with Gasteiger partial charge < -0.3 is 65.6 Å². The number of hydrogen-bond donors (Lipinski definition) is 8. The van der Waals surface area contributed by atoms with E-state index in [2.05, 4.69) is 26.6 Å². The van der Waals surface area contributed by atoms with Crippen LogP contribution in [-0.4, -0.2) is 154 Å². The lowest BCUT2D eigenvalue weighted by molar-refractivity contribution is -0.143. The highest BCUT2D eigenvalue weighted by Gasteiger charge is 2.21. The van der Waals surface area contributed by atoms with Crippen LogP contribution in [0.15, 0.2) is 24.3 Å². The Bertz CT molecular complexity index is 1530. The highest BCUT2D eigenvalue weighted by atomic mass is 16.5. The van der Waals surface area contributed by atoms with Crippen LogP contribution in [0.2, 0.25) is 0 Å². The first-order valence-electron chi connectivity index (χ1n) is 21.9. The van der Waals surface area contributed by atoms with Crippen molar-refractivity contribution in [2.45, 2.75) is 109 Å². The summed E-state index contributed by atoms with van der Waals surface area (Å²) in [6, 6.07) is 4.03. The van der Waals surface area contributed by atoms with E-state index in [1.54, 1.807) is 19.1 Å². The van der Waals surface area contributed by atoms with Crippen LogP contribution in [-0.2, 0) is 52.5 Å². The highest BCUT2D eigenvalue weighted by Crippen LogP contribution is 2.14. The van der Waals surface area contributed by atoms with Crippen LogP contribution in [0.25, 0.3) is 0 Å². The highest BCUT2D eigenvalue weighted by molar-refractivity contribution is 5.87. The predicted molar refractivity (Wildman–Crippen MR) is 231 cm³/mol. The summed E-state index contributed by atoms with van der Waals surface area (Å²) < 4.78 is 26.8. The first-order valence-corrected chi connectivity index (χ1v) is 21.9. The van der Waals surface area contributed by atoms with Gasteiger partial charge in [-0.05, 0) is 62.8 Å². The second-order valence-corrected chi connectivity index (χ2v) is 14.6. The zero-order chi connectivity index (χ0) is 47.2. The fourth-order valence-corrected chi connectivity index (χ4v) is 5.71. The van der Waals surface area contributed by atoms with Gasteiger partial charge in [-0.2, -0.15) is 0 Å². The number of carbonyl (C=O) groups excluding carboxylic acids is 5. The van der Waals surface area contributed by atoms with E-state index in [9.17, 15) is 48.6 Å². The lowest BCUT2D eigenvalue weighted by atomic mass is 10.1. The first kappa shape index (κ1) is 56.6. The molecule has 0 bridgehead atoms. The average molecular weight is 912 g/mol. The third-order valence-electron chi connectivity index (χ3n) is 9.26. The van der Waals surface area contributed by atoms with Crippen molar-refractivity contribution < 1.29 is 77.4 Å². The number of hydrogen-bond acceptors (Lipinski definition) is 13. The minimum atomic E-state index is -1.22. The topological polar surface area (TPSA) is 304 Å². The predicted octanol–water partition coefficient (Wildman–Crippen LogP) is 1.80. The summed E-state index contributed by atoms with van der Waals surface area (Å²) in [6.07, 6.45) is 7.98. The first-order chi connectivity index (χ1) is 30.8. The molecule has 21 heteroatoms. The molecule has 362 valence electrons. The third-order valence-corrected chi connectivity index (χ3v) is 9.26. The molecule has 64 heavy (non-hydrogen) atoms. The molecule has 0 saturated heterocycles. The van der Waals surface area contributed by atoms with Gasteiger partial charge in [0.05, 0.1) is 51.8 Å². The molecule has 0 fully saturated rings. The Labute approximate surface area is 374 Å². The molecule has 1 aromatic carbocycles. The van der Waals surface area contributed by atoms with Crippen molar-refractivity contribution in [1.29, 1.82) is 0 Å². The number of nitrogens with one attached hydrogen (secondary N) is 5. The number of carboxylic acid groups (broad SMARTS) is 3. The van der Waals surface area contributed by atoms with Gasteiger partial charge in [0.25, 0.3) is 0 Å². The summed E-state index contributed by atoms with van der Waals surface area (Å²) in [4.78, 5) is 93.7. The quantitative estimate of drug-likeness (QED) is 0.0435. The zero-order valence-corrected chi connectivity index (χ0v) is 37.0. The van der Waals surface area contributed by atoms with E-state index < -0.39 is 35.9 Å². The molecule has 8 N–H and O–H groups in total. The van der Waals surface area contributed by atoms with Crippen LogP contribution in [0.3, 0.4) is 0 Å². The average Bonchev–Trinajstić information content (AvgIpc) is 3.26. The summed E-state index contributed by atoms with van der Waals surface area (Å²) in [5.41, 5.74) is 0.209. The van der Waals surface area contributed by atoms with Gasteiger partial charge in [-0.1, -0.05) is 39.0 Å². The molecule has 0 aromatic heterocycles. The maximum atomic E-state index is 12.3. The van der Waals surface area contributed by atoms with Crippen molar-refractivity contribution >= 4 is 47.4 Å². The molecule has 0 spiro atoms. The van der Waals surface area contributed by atoms with Crippen molar-refractivity contribution in [3.8, 4) is 5.75 Å². The Hall–Kier alpha value is -5.38. The monoisotopic (exact) mass is 911 g/mol. The van der Waals surface area contributed by atoms with Gasteiger partial charge in [0.1, 0.15) is 31.0 Å². The van der Waals surface area contributed by atoms with Crippen LogP contribution in [0, 0.1) is 0 Å². The van der Waals surface area contributed by atoms with E-state index >= 15 is 0 Å². The van der Waals surface area contributed by atoms with Crippen molar-refractivity contribution in [2.24, 2.45) is 0 Å². The third kappa shape index (κ3) is 31.5. The van der Waals surface area contributed by atoms with E-state index in [0.29, 0.717) is 44.6 Å². The fraction of sp³-hybridized carbons (Fsp3) is 0.674. The molecule has 5 amide bonds. The molecule has 0 heterocycles. The maximum absolute atomic E-state index is 12.3. The number of carbonyl (C=O) groups is 8. The number of benzene rings is 1. The number of ether oxygens (including phenoxy) is 5. The van der Waals surface area contributed by atoms with Crippen LogP contribution in [0.4, 0.5) is 0 Å². The smallest absolute Gasteiger partial charge is 0.335 e. The Balaban J connectivity index is 1.97. The van der Waals surface area contributed by atoms with Gasteiger partial charge in [-0.3, -0.25) is 24.0 Å². The fourth-order valence-electron chi connectivity index (χ4n) is 5.71. The van der Waals surface area contributed by atoms with Crippen LogP contribution in [0.5, 0.6) is 5.75 Å². The molecular formula is C43H69N5O16. The molecular weight excluding hydrogens is 842 g/mol. The van der Waals surface area contributed by atoms with Crippen LogP contribution >= 0.6 is 0 Å². The molecule has 2 atom stereocenters. The molecule has 0 unspecified atom stereocenters. The van der Waals surface area contributed by atoms with Crippen LogP contribution in [0.1, 0.15) is 107 Å². The normalized spacial score (nSPS) is 11.8. The summed E-state index contributed by atoms with van der Waals surface area (Å²) >= 11 is 0. The van der Waals surface area contributed by atoms with E-state index in [4.69, 9.17) is 28.8 Å². The van der Waals surface area contributed by atoms with E-state index in [0.717, 1.165) is 38.5 Å². The van der Waals surface area contributed by atoms with Gasteiger partial charge >= 0.3 is 17.9 Å². The standard InChI is InChI=1S/C43H69N5O16/c1-2-36(49)44-20-10-9-12-34(42(56)57)48-40(53)31-63-29-27-61-25-22-46-39(52)30-62-28-26-60-24-21-45-37(50)19-18-35(43(58)59)47-38(51)13-8-6-4-3-5-7-11-23-64-33-16-14-32(15-17-33)41(54)55/h14-17,34-35H,2-13,18-31H2,1H3,(H,44,49)(H,45,50)(H,46,52)(H,47,51)(H,48,53)(H,54,55)(H,56,57)(H,58,59)/t34-,35-/m0/s1. The summed E-state index contributed by atoms with van der Waals surface area (Å²) in [6.45, 7) is 3.42. The molecule has 0 aliphatic rings. The van der Waals surface area contributed by atoms with Gasteiger partial charge in [-0.15, -0.1) is 0 Å². The lowest BCUT2D eigenvalue weighted by Gasteiger charge is -2.14. The molecule has 0 saturated carbocycles. The van der Waals surface area contributed by atoms with E-state index in [1.165, 1.54) is 12.1 Å². The van der Waals surface area contributed by atoms with Gasteiger partial charge in [-0.25, -0.2) is 14.4 Å². The molecule has 0 radical (unpaired) electrons. The minimum absolute atomic E-state index is 0.0641. The largest absolute Gasteiger partial charge is 0.494 e. The van der Waals surface area contributed by atoms with Crippen molar-refractivity contribution in [1.82, 2.24) is 26.6 Å². The summed E-state index contributed by atoms with van der Waals surface area (Å²) in [5, 5.41) is 40.6. The minimum Gasteiger partial charge on any atom is -0.494 e. The summed E-state index contributed by atoms with van der Waals surface area (Å²) in [5.74, 6) is -4.51. The number of unbranched alkanes of at least 4 members (excludes halogenated alkanes) is 7. The van der Waals surface area contributed by atoms with Gasteiger partial charge in [0, 0.05) is 38.9 Å². The van der Waals surface area contributed by atoms with Crippen molar-refractivity contribution in [3.05, 3.63) is 29.8 Å². The molecule has 1 aromatic rings.